The summed E-state index contributed by atoms with van der Waals surface area (Å²) in [5.41, 5.74) is 2.85. The van der Waals surface area contributed by atoms with Crippen molar-refractivity contribution in [3.8, 4) is 6.07 Å². The number of fused-ring (bicyclic) bond motifs is 1. The van der Waals surface area contributed by atoms with Gasteiger partial charge in [0.2, 0.25) is 5.91 Å². The second-order valence-electron chi connectivity index (χ2n) is 5.64. The molecule has 1 aliphatic carbocycles. The molecular formula is C16H22N4O. The molecule has 2 rings (SSSR count). The van der Waals surface area contributed by atoms with Gasteiger partial charge < -0.3 is 9.80 Å². The summed E-state index contributed by atoms with van der Waals surface area (Å²) in [5, 5.41) is 9.40. The molecule has 0 spiro atoms. The number of nitrogens with zero attached hydrogens (tertiary/aromatic N) is 4. The number of carbonyl (C=O) groups excluding carboxylic acids is 1. The minimum absolute atomic E-state index is 0.0228. The largest absolute Gasteiger partial charge is 0.347 e. The normalized spacial score (nSPS) is 12.7. The van der Waals surface area contributed by atoms with Crippen molar-refractivity contribution in [2.75, 3.05) is 32.1 Å². The van der Waals surface area contributed by atoms with Gasteiger partial charge in [0, 0.05) is 26.3 Å². The summed E-state index contributed by atoms with van der Waals surface area (Å²) >= 11 is 0. The third kappa shape index (κ3) is 3.33. The topological polar surface area (TPSA) is 60.2 Å². The highest BCUT2D eigenvalue weighted by atomic mass is 16.2. The number of rotatable bonds is 5. The molecule has 0 unspecified atom stereocenters. The predicted octanol–water partition coefficient (Wildman–Crippen LogP) is 1.75. The van der Waals surface area contributed by atoms with Crippen molar-refractivity contribution in [1.82, 2.24) is 9.88 Å². The third-order valence-electron chi connectivity index (χ3n) is 3.77. The molecule has 0 bridgehead atoms. The van der Waals surface area contributed by atoms with Gasteiger partial charge >= 0.3 is 0 Å². The third-order valence-corrected chi connectivity index (χ3v) is 3.77. The minimum Gasteiger partial charge on any atom is -0.347 e. The van der Waals surface area contributed by atoms with E-state index in [4.69, 9.17) is 0 Å². The lowest BCUT2D eigenvalue weighted by Gasteiger charge is -2.25. The van der Waals surface area contributed by atoms with Crippen LogP contribution in [0.4, 0.5) is 5.82 Å². The van der Waals surface area contributed by atoms with Crippen molar-refractivity contribution in [2.45, 2.75) is 32.6 Å². The minimum atomic E-state index is 0.0228. The predicted molar refractivity (Wildman–Crippen MR) is 82.2 cm³/mol. The number of nitriles is 1. The molecule has 21 heavy (non-hydrogen) atoms. The highest BCUT2D eigenvalue weighted by molar-refractivity contribution is 5.81. The first-order chi connectivity index (χ1) is 10.1. The van der Waals surface area contributed by atoms with Gasteiger partial charge in [-0.15, -0.1) is 0 Å². The number of carbonyl (C=O) groups is 1. The van der Waals surface area contributed by atoms with Crippen LogP contribution in [0.3, 0.4) is 0 Å². The molecule has 0 radical (unpaired) electrons. The molecule has 112 valence electrons. The van der Waals surface area contributed by atoms with Gasteiger partial charge in [-0.3, -0.25) is 4.79 Å². The van der Waals surface area contributed by atoms with Crippen LogP contribution in [0.5, 0.6) is 0 Å². The highest BCUT2D eigenvalue weighted by Gasteiger charge is 2.21. The summed E-state index contributed by atoms with van der Waals surface area (Å²) in [6.45, 7) is 3.05. The van der Waals surface area contributed by atoms with Crippen LogP contribution in [0.15, 0.2) is 6.07 Å². The Hall–Kier alpha value is -2.09. The summed E-state index contributed by atoms with van der Waals surface area (Å²) in [6.07, 6.45) is 3.97. The van der Waals surface area contributed by atoms with E-state index in [9.17, 15) is 10.1 Å². The summed E-state index contributed by atoms with van der Waals surface area (Å²) in [4.78, 5) is 20.2. The smallest absolute Gasteiger partial charge is 0.241 e. The van der Waals surface area contributed by atoms with Crippen LogP contribution >= 0.6 is 0 Å². The second-order valence-corrected chi connectivity index (χ2v) is 5.64. The summed E-state index contributed by atoms with van der Waals surface area (Å²) in [5.74, 6) is 0.685. The molecule has 0 saturated heterocycles. The van der Waals surface area contributed by atoms with Gasteiger partial charge in [-0.05, 0) is 37.3 Å². The molecule has 5 nitrogen and oxygen atoms in total. The maximum atomic E-state index is 12.0. The zero-order valence-electron chi connectivity index (χ0n) is 13.0. The van der Waals surface area contributed by atoms with Gasteiger partial charge in [0.05, 0.1) is 12.1 Å². The van der Waals surface area contributed by atoms with Crippen LogP contribution in [-0.4, -0.2) is 43.0 Å². The number of aryl methyl sites for hydroxylation is 2. The van der Waals surface area contributed by atoms with E-state index < -0.39 is 0 Å². The second kappa shape index (κ2) is 6.57. The lowest BCUT2D eigenvalue weighted by Crippen LogP contribution is -2.38. The zero-order chi connectivity index (χ0) is 15.4. The molecule has 1 aromatic heterocycles. The van der Waals surface area contributed by atoms with E-state index in [1.54, 1.807) is 19.0 Å². The average molecular weight is 286 g/mol. The number of amides is 1. The first-order valence-electron chi connectivity index (χ1n) is 7.44. The van der Waals surface area contributed by atoms with Crippen LogP contribution < -0.4 is 4.90 Å². The number of hydrogen-bond donors (Lipinski definition) is 0. The maximum Gasteiger partial charge on any atom is 0.241 e. The van der Waals surface area contributed by atoms with E-state index in [1.165, 1.54) is 5.56 Å². The van der Waals surface area contributed by atoms with Crippen LogP contribution in [0.1, 0.15) is 36.6 Å². The van der Waals surface area contributed by atoms with Crippen molar-refractivity contribution in [2.24, 2.45) is 0 Å². The Morgan fingerprint density at radius 3 is 2.81 bits per heavy atom. The fourth-order valence-corrected chi connectivity index (χ4v) is 2.62. The summed E-state index contributed by atoms with van der Waals surface area (Å²) in [7, 11) is 3.49. The van der Waals surface area contributed by atoms with Crippen molar-refractivity contribution in [1.29, 1.82) is 5.26 Å². The van der Waals surface area contributed by atoms with Crippen molar-refractivity contribution >= 4 is 11.7 Å². The molecule has 1 amide bonds. The Kier molecular flexibility index (Phi) is 4.79. The monoisotopic (exact) mass is 286 g/mol. The van der Waals surface area contributed by atoms with Crippen molar-refractivity contribution in [3.63, 3.8) is 0 Å². The van der Waals surface area contributed by atoms with Gasteiger partial charge in [-0.2, -0.15) is 5.26 Å². The number of hydrogen-bond acceptors (Lipinski definition) is 4. The summed E-state index contributed by atoms with van der Waals surface area (Å²) < 4.78 is 0. The number of anilines is 1. The Labute approximate surface area is 126 Å². The Balaban J connectivity index is 2.35. The van der Waals surface area contributed by atoms with Crippen LogP contribution in [0.25, 0.3) is 0 Å². The summed E-state index contributed by atoms with van der Waals surface area (Å²) in [6, 6.07) is 4.19. The molecule has 0 fully saturated rings. The first kappa shape index (κ1) is 15.3. The van der Waals surface area contributed by atoms with Crippen LogP contribution in [-0.2, 0) is 17.6 Å². The molecule has 0 aromatic carbocycles. The van der Waals surface area contributed by atoms with E-state index in [2.05, 4.69) is 18.0 Å². The van der Waals surface area contributed by atoms with E-state index in [-0.39, 0.29) is 12.5 Å². The molecule has 0 aliphatic heterocycles. The zero-order valence-corrected chi connectivity index (χ0v) is 13.0. The maximum absolute atomic E-state index is 12.0. The number of likely N-dealkylation sites (N-methyl/N-ethyl adjacent to an activating group) is 1. The molecular weight excluding hydrogens is 264 g/mol. The lowest BCUT2D eigenvalue weighted by molar-refractivity contribution is -0.127. The number of pyridine rings is 1. The van der Waals surface area contributed by atoms with Gasteiger partial charge in [-0.1, -0.05) is 6.92 Å². The SMILES string of the molecule is CCCN(CC(=O)N(C)C)c1nc2c(cc1C#N)CCC2. The Bertz CT molecular complexity index is 574. The van der Waals surface area contributed by atoms with E-state index >= 15 is 0 Å². The van der Waals surface area contributed by atoms with Gasteiger partial charge in [0.1, 0.15) is 11.9 Å². The fourth-order valence-electron chi connectivity index (χ4n) is 2.62. The Morgan fingerprint density at radius 1 is 1.43 bits per heavy atom. The Morgan fingerprint density at radius 2 is 2.19 bits per heavy atom. The lowest BCUT2D eigenvalue weighted by atomic mass is 10.1. The molecule has 1 aromatic rings. The molecule has 5 heteroatoms. The number of aromatic nitrogens is 1. The molecule has 0 saturated carbocycles. The van der Waals surface area contributed by atoms with E-state index in [0.29, 0.717) is 11.4 Å². The van der Waals surface area contributed by atoms with E-state index in [0.717, 1.165) is 37.9 Å². The van der Waals surface area contributed by atoms with Crippen molar-refractivity contribution < 1.29 is 4.79 Å². The van der Waals surface area contributed by atoms with Crippen LogP contribution in [0.2, 0.25) is 0 Å². The standard InChI is InChI=1S/C16H22N4O/c1-4-8-20(11-15(21)19(2)3)16-13(10-17)9-12-6-5-7-14(12)18-16/h9H,4-8,11H2,1-3H3. The van der Waals surface area contributed by atoms with E-state index in [1.807, 2.05) is 11.0 Å². The van der Waals surface area contributed by atoms with Gasteiger partial charge in [0.25, 0.3) is 0 Å². The molecule has 1 heterocycles. The van der Waals surface area contributed by atoms with Gasteiger partial charge in [0.15, 0.2) is 0 Å². The van der Waals surface area contributed by atoms with Crippen molar-refractivity contribution in [3.05, 3.63) is 22.9 Å². The van der Waals surface area contributed by atoms with Gasteiger partial charge in [-0.25, -0.2) is 4.98 Å². The van der Waals surface area contributed by atoms with Crippen LogP contribution in [0, 0.1) is 11.3 Å². The molecule has 0 N–H and O–H groups in total. The molecule has 0 atom stereocenters. The quantitative estimate of drug-likeness (QED) is 0.827. The average Bonchev–Trinajstić information content (AvgIpc) is 2.92. The fraction of sp³-hybridized carbons (Fsp3) is 0.562. The highest BCUT2D eigenvalue weighted by Crippen LogP contribution is 2.27. The molecule has 1 aliphatic rings. The first-order valence-corrected chi connectivity index (χ1v) is 7.44.